The van der Waals surface area contributed by atoms with Crippen molar-refractivity contribution >= 4 is 52.5 Å². The largest absolute Gasteiger partial charge is 0.358 e. The molecule has 2 aliphatic heterocycles. The number of carbonyl (C=O) groups excluding carboxylic acids is 2. The maximum absolute atomic E-state index is 13.4. The molecule has 2 aromatic carbocycles. The minimum absolute atomic E-state index is 0.00000623. The Morgan fingerprint density at radius 2 is 2.06 bits per heavy atom. The lowest BCUT2D eigenvalue weighted by Gasteiger charge is -2.20. The summed E-state index contributed by atoms with van der Waals surface area (Å²) in [4.78, 5) is 34.7. The number of carbonyl (C=O) groups is 2. The molecular weight excluding hydrogens is 492 g/mol. The minimum atomic E-state index is -0.165. The van der Waals surface area contributed by atoms with Gasteiger partial charge in [-0.05, 0) is 75.5 Å². The highest BCUT2D eigenvalue weighted by atomic mass is 35.5. The van der Waals surface area contributed by atoms with Crippen LogP contribution in [0.3, 0.4) is 0 Å². The molecule has 1 unspecified atom stereocenters. The summed E-state index contributed by atoms with van der Waals surface area (Å²) in [5, 5.41) is 3.68. The van der Waals surface area contributed by atoms with Gasteiger partial charge < -0.3 is 20.1 Å². The molecule has 2 amide bonds. The van der Waals surface area contributed by atoms with Crippen LogP contribution in [0.15, 0.2) is 53.4 Å². The smallest absolute Gasteiger partial charge is 0.256 e. The number of H-pyrrole nitrogens is 1. The van der Waals surface area contributed by atoms with Gasteiger partial charge in [-0.3, -0.25) is 9.59 Å². The first-order valence-corrected chi connectivity index (χ1v) is 13.3. The third-order valence-corrected chi connectivity index (χ3v) is 8.05. The highest BCUT2D eigenvalue weighted by molar-refractivity contribution is 7.98. The van der Waals surface area contributed by atoms with Crippen molar-refractivity contribution in [2.24, 2.45) is 0 Å². The van der Waals surface area contributed by atoms with Crippen molar-refractivity contribution in [1.82, 2.24) is 14.8 Å². The maximum atomic E-state index is 13.4. The van der Waals surface area contributed by atoms with Crippen molar-refractivity contribution in [3.63, 3.8) is 0 Å². The Morgan fingerprint density at radius 3 is 2.81 bits per heavy atom. The number of aromatic amines is 1. The Balaban J connectivity index is 1.40. The first-order chi connectivity index (χ1) is 17.3. The molecule has 0 spiro atoms. The number of nitrogens with zero attached hydrogens (tertiary/aromatic N) is 2. The van der Waals surface area contributed by atoms with E-state index in [1.54, 1.807) is 11.8 Å². The van der Waals surface area contributed by atoms with E-state index in [2.05, 4.69) is 21.3 Å². The Labute approximate surface area is 220 Å². The second-order valence-electron chi connectivity index (χ2n) is 9.58. The van der Waals surface area contributed by atoms with Crippen LogP contribution in [-0.2, 0) is 10.5 Å². The second kappa shape index (κ2) is 10.2. The molecule has 1 aromatic heterocycles. The van der Waals surface area contributed by atoms with Crippen molar-refractivity contribution in [2.45, 2.75) is 30.0 Å². The highest BCUT2D eigenvalue weighted by Crippen LogP contribution is 2.37. The zero-order valence-electron chi connectivity index (χ0n) is 20.6. The van der Waals surface area contributed by atoms with Crippen LogP contribution in [0.2, 0.25) is 5.02 Å². The summed E-state index contributed by atoms with van der Waals surface area (Å²) in [7, 11) is 4.10. The average Bonchev–Trinajstić information content (AvgIpc) is 3.55. The fourth-order valence-electron chi connectivity index (χ4n) is 4.76. The number of likely N-dealkylation sites (tertiary alicyclic amines) is 1. The SMILES string of the molecule is Cc1cc(C(=O)N2CCC(N(C)C)C2)c(/C=C2\C(=O)Nc3ccc(SCc4cccc(Cl)c4)cc32)[nH]1. The van der Waals surface area contributed by atoms with Crippen LogP contribution in [0.5, 0.6) is 0 Å². The van der Waals surface area contributed by atoms with Crippen LogP contribution >= 0.6 is 23.4 Å². The molecule has 5 rings (SSSR count). The molecule has 0 radical (unpaired) electrons. The van der Waals surface area contributed by atoms with E-state index < -0.39 is 0 Å². The summed E-state index contributed by atoms with van der Waals surface area (Å²) in [5.41, 5.74) is 5.48. The number of rotatable bonds is 6. The monoisotopic (exact) mass is 520 g/mol. The summed E-state index contributed by atoms with van der Waals surface area (Å²) >= 11 is 7.81. The number of aromatic nitrogens is 1. The number of thioether (sulfide) groups is 1. The highest BCUT2D eigenvalue weighted by Gasteiger charge is 2.31. The van der Waals surface area contributed by atoms with E-state index in [1.807, 2.05) is 74.5 Å². The number of likely N-dealkylation sites (N-methyl/N-ethyl adjacent to an activating group) is 1. The number of hydrogen-bond acceptors (Lipinski definition) is 4. The van der Waals surface area contributed by atoms with Crippen molar-refractivity contribution in [3.05, 3.63) is 81.6 Å². The molecule has 2 N–H and O–H groups in total. The summed E-state index contributed by atoms with van der Waals surface area (Å²) in [6, 6.07) is 16.1. The molecule has 1 saturated heterocycles. The van der Waals surface area contributed by atoms with E-state index in [0.29, 0.717) is 29.4 Å². The predicted octanol–water partition coefficient (Wildman–Crippen LogP) is 5.54. The first kappa shape index (κ1) is 24.7. The lowest BCUT2D eigenvalue weighted by molar-refractivity contribution is -0.110. The fourth-order valence-corrected chi connectivity index (χ4v) is 5.85. The number of amides is 2. The van der Waals surface area contributed by atoms with Gasteiger partial charge in [-0.15, -0.1) is 11.8 Å². The summed E-state index contributed by atoms with van der Waals surface area (Å²) in [5.74, 6) is 0.611. The normalized spacial score (nSPS) is 18.2. The molecule has 6 nitrogen and oxygen atoms in total. The molecule has 1 fully saturated rings. The number of benzene rings is 2. The molecule has 8 heteroatoms. The Hall–Kier alpha value is -3.00. The quantitative estimate of drug-likeness (QED) is 0.331. The van der Waals surface area contributed by atoms with E-state index in [0.717, 1.165) is 51.1 Å². The van der Waals surface area contributed by atoms with Gasteiger partial charge in [-0.2, -0.15) is 0 Å². The van der Waals surface area contributed by atoms with Gasteiger partial charge in [0.15, 0.2) is 0 Å². The van der Waals surface area contributed by atoms with Crippen molar-refractivity contribution in [2.75, 3.05) is 32.5 Å². The Morgan fingerprint density at radius 1 is 1.22 bits per heavy atom. The van der Waals surface area contributed by atoms with E-state index in [4.69, 9.17) is 11.6 Å². The molecule has 1 atom stereocenters. The number of hydrogen-bond donors (Lipinski definition) is 2. The lowest BCUT2D eigenvalue weighted by Crippen LogP contribution is -2.34. The molecule has 0 aliphatic carbocycles. The van der Waals surface area contributed by atoms with Gasteiger partial charge >= 0.3 is 0 Å². The fraction of sp³-hybridized carbons (Fsp3) is 0.286. The average molecular weight is 521 g/mol. The van der Waals surface area contributed by atoms with E-state index in [1.165, 1.54) is 0 Å². The zero-order valence-corrected chi connectivity index (χ0v) is 22.2. The molecule has 3 heterocycles. The number of aryl methyl sites for hydroxylation is 1. The van der Waals surface area contributed by atoms with E-state index in [9.17, 15) is 9.59 Å². The van der Waals surface area contributed by atoms with Crippen LogP contribution < -0.4 is 5.32 Å². The number of halogens is 1. The number of anilines is 1. The van der Waals surface area contributed by atoms with Crippen LogP contribution in [0.25, 0.3) is 11.6 Å². The van der Waals surface area contributed by atoms with Crippen LogP contribution in [0.1, 0.15) is 39.3 Å². The number of nitrogens with one attached hydrogen (secondary N) is 2. The van der Waals surface area contributed by atoms with Gasteiger partial charge in [0.1, 0.15) is 0 Å². The van der Waals surface area contributed by atoms with Crippen molar-refractivity contribution in [3.8, 4) is 0 Å². The Bertz CT molecular complexity index is 1360. The molecule has 3 aromatic rings. The number of fused-ring (bicyclic) bond motifs is 1. The van der Waals surface area contributed by atoms with Gasteiger partial charge in [-0.25, -0.2) is 0 Å². The van der Waals surface area contributed by atoms with Crippen LogP contribution in [0.4, 0.5) is 5.69 Å². The van der Waals surface area contributed by atoms with Crippen molar-refractivity contribution in [1.29, 1.82) is 0 Å². The molecular formula is C28H29ClN4O2S. The predicted molar refractivity (Wildman–Crippen MR) is 147 cm³/mol. The molecule has 0 saturated carbocycles. The summed E-state index contributed by atoms with van der Waals surface area (Å²) in [6.07, 6.45) is 2.77. The van der Waals surface area contributed by atoms with E-state index >= 15 is 0 Å². The maximum Gasteiger partial charge on any atom is 0.256 e. The van der Waals surface area contributed by atoms with Crippen LogP contribution in [0, 0.1) is 6.92 Å². The molecule has 2 aliphatic rings. The summed E-state index contributed by atoms with van der Waals surface area (Å²) < 4.78 is 0. The minimum Gasteiger partial charge on any atom is -0.358 e. The van der Waals surface area contributed by atoms with Gasteiger partial charge in [0, 0.05) is 51.7 Å². The van der Waals surface area contributed by atoms with E-state index in [-0.39, 0.29) is 11.8 Å². The molecule has 36 heavy (non-hydrogen) atoms. The molecule has 186 valence electrons. The van der Waals surface area contributed by atoms with Gasteiger partial charge in [0.25, 0.3) is 11.8 Å². The second-order valence-corrected chi connectivity index (χ2v) is 11.1. The topological polar surface area (TPSA) is 68.4 Å². The summed E-state index contributed by atoms with van der Waals surface area (Å²) in [6.45, 7) is 3.37. The zero-order chi connectivity index (χ0) is 25.4. The van der Waals surface area contributed by atoms with Gasteiger partial charge in [0.2, 0.25) is 0 Å². The Kier molecular flexibility index (Phi) is 6.97. The molecule has 0 bridgehead atoms. The third-order valence-electron chi connectivity index (χ3n) is 6.75. The van der Waals surface area contributed by atoms with Gasteiger partial charge in [0.05, 0.1) is 16.8 Å². The van der Waals surface area contributed by atoms with Crippen molar-refractivity contribution < 1.29 is 9.59 Å². The van der Waals surface area contributed by atoms with Crippen LogP contribution in [-0.4, -0.2) is 59.8 Å². The third kappa shape index (κ3) is 5.09. The van der Waals surface area contributed by atoms with Gasteiger partial charge in [-0.1, -0.05) is 23.7 Å². The lowest BCUT2D eigenvalue weighted by atomic mass is 10.0. The standard InChI is InChI=1S/C28H29ClN4O2S/c1-17-11-24(28(35)33-10-9-20(15-33)32(2)3)26(30-17)14-23-22-13-21(7-8-25(22)31-27(23)34)36-16-18-5-4-6-19(29)12-18/h4-8,11-14,20,30H,9-10,15-16H2,1-3H3,(H,31,34)/b23-14-. The first-order valence-electron chi connectivity index (χ1n) is 12.0.